The van der Waals surface area contributed by atoms with Gasteiger partial charge in [0.25, 0.3) is 10.1 Å². The number of rotatable bonds is 6. The summed E-state index contributed by atoms with van der Waals surface area (Å²) < 4.78 is 40.3. The van der Waals surface area contributed by atoms with Gasteiger partial charge in [0.2, 0.25) is 0 Å². The molecule has 8 nitrogen and oxygen atoms in total. The normalized spacial score (nSPS) is 21.6. The van der Waals surface area contributed by atoms with E-state index < -0.39 is 28.1 Å². The smallest absolute Gasteiger partial charge is 0.296 e. The molecule has 126 valence electrons. The molecular formula is C14H19N3O5S. The molecule has 0 radical (unpaired) electrons. The minimum absolute atomic E-state index is 0.0479. The van der Waals surface area contributed by atoms with Gasteiger partial charge in [0, 0.05) is 4.91 Å². The first-order valence-corrected chi connectivity index (χ1v) is 8.46. The van der Waals surface area contributed by atoms with Crippen LogP contribution in [0.25, 0.3) is 10.4 Å². The van der Waals surface area contributed by atoms with Gasteiger partial charge in [0.05, 0.1) is 30.3 Å². The van der Waals surface area contributed by atoms with E-state index in [9.17, 15) is 8.42 Å². The average Bonchev–Trinajstić information content (AvgIpc) is 2.84. The van der Waals surface area contributed by atoms with E-state index in [-0.39, 0.29) is 18.1 Å². The van der Waals surface area contributed by atoms with Crippen molar-refractivity contribution in [2.75, 3.05) is 13.2 Å². The molecule has 1 aliphatic rings. The highest BCUT2D eigenvalue weighted by Gasteiger charge is 2.37. The minimum Gasteiger partial charge on any atom is -0.348 e. The second-order valence-electron chi connectivity index (χ2n) is 5.69. The Morgan fingerprint density at radius 1 is 1.43 bits per heavy atom. The van der Waals surface area contributed by atoms with Crippen LogP contribution < -0.4 is 0 Å². The van der Waals surface area contributed by atoms with Crippen LogP contribution in [-0.4, -0.2) is 39.6 Å². The molecule has 23 heavy (non-hydrogen) atoms. The van der Waals surface area contributed by atoms with Crippen molar-refractivity contribution < 1.29 is 22.1 Å². The van der Waals surface area contributed by atoms with Crippen LogP contribution in [0.3, 0.4) is 0 Å². The molecule has 2 rings (SSSR count). The number of hydrogen-bond acceptors (Lipinski definition) is 6. The molecule has 0 saturated carbocycles. The van der Waals surface area contributed by atoms with Crippen LogP contribution in [0.15, 0.2) is 34.3 Å². The zero-order valence-corrected chi connectivity index (χ0v) is 14.0. The Hall–Kier alpha value is -1.64. The summed E-state index contributed by atoms with van der Waals surface area (Å²) in [6, 6.07) is 5.48. The Kier molecular flexibility index (Phi) is 5.28. The van der Waals surface area contributed by atoms with Gasteiger partial charge in [-0.3, -0.25) is 4.18 Å². The summed E-state index contributed by atoms with van der Waals surface area (Å²) in [5.74, 6) is -0.802. The Bertz CT molecular complexity index is 696. The van der Waals surface area contributed by atoms with E-state index in [1.807, 2.05) is 6.92 Å². The molecule has 0 aromatic heterocycles. The average molecular weight is 341 g/mol. The van der Waals surface area contributed by atoms with Gasteiger partial charge < -0.3 is 9.47 Å². The molecule has 2 atom stereocenters. The van der Waals surface area contributed by atoms with Crippen molar-refractivity contribution in [3.8, 4) is 0 Å². The highest BCUT2D eigenvalue weighted by molar-refractivity contribution is 7.86. The molecule has 1 aromatic rings. The lowest BCUT2D eigenvalue weighted by atomic mass is 10.2. The van der Waals surface area contributed by atoms with Gasteiger partial charge in [-0.2, -0.15) is 8.42 Å². The molecule has 1 aromatic carbocycles. The quantitative estimate of drug-likeness (QED) is 0.342. The van der Waals surface area contributed by atoms with Gasteiger partial charge in [-0.1, -0.05) is 22.8 Å². The summed E-state index contributed by atoms with van der Waals surface area (Å²) in [5.41, 5.74) is 9.60. The Balaban J connectivity index is 2.06. The number of benzene rings is 1. The number of hydrogen-bond donors (Lipinski definition) is 0. The maximum Gasteiger partial charge on any atom is 0.296 e. The first kappa shape index (κ1) is 17.7. The van der Waals surface area contributed by atoms with E-state index >= 15 is 0 Å². The highest BCUT2D eigenvalue weighted by Crippen LogP contribution is 2.26. The fourth-order valence-corrected chi connectivity index (χ4v) is 3.04. The third-order valence-corrected chi connectivity index (χ3v) is 4.66. The monoisotopic (exact) mass is 341 g/mol. The van der Waals surface area contributed by atoms with E-state index in [2.05, 4.69) is 10.0 Å². The van der Waals surface area contributed by atoms with Crippen LogP contribution in [0, 0.1) is 6.92 Å². The van der Waals surface area contributed by atoms with E-state index in [0.717, 1.165) is 5.56 Å². The maximum atomic E-state index is 12.2. The number of azide groups is 1. The molecule has 1 aliphatic heterocycles. The molecule has 0 bridgehead atoms. The first-order valence-electron chi connectivity index (χ1n) is 7.05. The SMILES string of the molecule is Cc1ccc(S(=O)(=O)OC[C@@H](N=[N+]=[N-])[C@@H]2COC(C)(C)O2)cc1. The Morgan fingerprint density at radius 3 is 2.61 bits per heavy atom. The molecule has 9 heteroatoms. The van der Waals surface area contributed by atoms with Crippen LogP contribution in [0.5, 0.6) is 0 Å². The number of ether oxygens (including phenoxy) is 2. The molecule has 0 aliphatic carbocycles. The Morgan fingerprint density at radius 2 is 2.09 bits per heavy atom. The maximum absolute atomic E-state index is 12.2. The zero-order valence-electron chi connectivity index (χ0n) is 13.2. The van der Waals surface area contributed by atoms with E-state index in [0.29, 0.717) is 0 Å². The predicted molar refractivity (Wildman–Crippen MR) is 82.2 cm³/mol. The van der Waals surface area contributed by atoms with Crippen LogP contribution in [0.4, 0.5) is 0 Å². The highest BCUT2D eigenvalue weighted by atomic mass is 32.2. The van der Waals surface area contributed by atoms with Crippen molar-refractivity contribution in [3.63, 3.8) is 0 Å². The van der Waals surface area contributed by atoms with E-state index in [1.165, 1.54) is 12.1 Å². The van der Waals surface area contributed by atoms with Crippen molar-refractivity contribution in [3.05, 3.63) is 40.3 Å². The zero-order chi connectivity index (χ0) is 17.1. The molecule has 0 spiro atoms. The third-order valence-electron chi connectivity index (χ3n) is 3.36. The van der Waals surface area contributed by atoms with Gasteiger partial charge in [-0.05, 0) is 38.4 Å². The predicted octanol–water partition coefficient (Wildman–Crippen LogP) is 2.53. The lowest BCUT2D eigenvalue weighted by Gasteiger charge is -2.20. The summed E-state index contributed by atoms with van der Waals surface area (Å²) in [4.78, 5) is 2.78. The summed E-state index contributed by atoms with van der Waals surface area (Å²) in [7, 11) is -3.93. The summed E-state index contributed by atoms with van der Waals surface area (Å²) in [6.07, 6.45) is -0.561. The van der Waals surface area contributed by atoms with Gasteiger partial charge in [0.15, 0.2) is 5.79 Å². The molecule has 0 N–H and O–H groups in total. The van der Waals surface area contributed by atoms with Crippen LogP contribution in [0.1, 0.15) is 19.4 Å². The lowest BCUT2D eigenvalue weighted by Crippen LogP contribution is -2.33. The molecular weight excluding hydrogens is 322 g/mol. The largest absolute Gasteiger partial charge is 0.348 e. The number of aryl methyl sites for hydroxylation is 1. The van der Waals surface area contributed by atoms with Gasteiger partial charge in [-0.15, -0.1) is 0 Å². The first-order chi connectivity index (χ1) is 10.7. The van der Waals surface area contributed by atoms with Crippen molar-refractivity contribution in [1.29, 1.82) is 0 Å². The second kappa shape index (κ2) is 6.86. The van der Waals surface area contributed by atoms with Crippen molar-refractivity contribution in [1.82, 2.24) is 0 Å². The second-order valence-corrected chi connectivity index (χ2v) is 7.31. The van der Waals surface area contributed by atoms with Gasteiger partial charge in [0.1, 0.15) is 0 Å². The molecule has 1 heterocycles. The molecule has 0 unspecified atom stereocenters. The van der Waals surface area contributed by atoms with Crippen LogP contribution in [-0.2, 0) is 23.8 Å². The van der Waals surface area contributed by atoms with Crippen LogP contribution in [0.2, 0.25) is 0 Å². The van der Waals surface area contributed by atoms with Gasteiger partial charge >= 0.3 is 0 Å². The summed E-state index contributed by atoms with van der Waals surface area (Å²) in [5, 5.41) is 3.57. The topological polar surface area (TPSA) is 111 Å². The lowest BCUT2D eigenvalue weighted by molar-refractivity contribution is -0.141. The van der Waals surface area contributed by atoms with E-state index in [4.69, 9.17) is 19.2 Å². The Labute approximate surface area is 135 Å². The van der Waals surface area contributed by atoms with Gasteiger partial charge in [-0.25, -0.2) is 0 Å². The molecule has 1 fully saturated rings. The van der Waals surface area contributed by atoms with Crippen molar-refractivity contribution in [2.24, 2.45) is 5.11 Å². The fourth-order valence-electron chi connectivity index (χ4n) is 2.12. The number of nitrogens with zero attached hydrogens (tertiary/aromatic N) is 3. The standard InChI is InChI=1S/C14H19N3O5S/c1-10-4-6-11(7-5-10)23(18,19)21-8-12(16-17-15)13-9-20-14(2,3)22-13/h4-7,12-13H,8-9H2,1-3H3/t12-,13+/m1/s1. The summed E-state index contributed by atoms with van der Waals surface area (Å²) >= 11 is 0. The fraction of sp³-hybridized carbons (Fsp3) is 0.571. The van der Waals surface area contributed by atoms with Crippen molar-refractivity contribution >= 4 is 10.1 Å². The molecule has 1 saturated heterocycles. The van der Waals surface area contributed by atoms with Crippen molar-refractivity contribution in [2.45, 2.75) is 43.6 Å². The van der Waals surface area contributed by atoms with Crippen LogP contribution >= 0.6 is 0 Å². The minimum atomic E-state index is -3.93. The summed E-state index contributed by atoms with van der Waals surface area (Å²) in [6.45, 7) is 5.19. The molecule has 0 amide bonds. The third kappa shape index (κ3) is 4.66. The van der Waals surface area contributed by atoms with E-state index in [1.54, 1.807) is 26.0 Å².